The molecule has 5 unspecified atom stereocenters. The molecule has 0 N–H and O–H groups in total. The Balaban J connectivity index is 1.75. The Morgan fingerprint density at radius 3 is 2.61 bits per heavy atom. The summed E-state index contributed by atoms with van der Waals surface area (Å²) in [5.41, 5.74) is 2.48. The summed E-state index contributed by atoms with van der Waals surface area (Å²) in [5, 5.41) is 0. The Kier molecular flexibility index (Phi) is 2.48. The van der Waals surface area contributed by atoms with Crippen molar-refractivity contribution in [1.82, 2.24) is 0 Å². The van der Waals surface area contributed by atoms with Crippen LogP contribution in [0.15, 0.2) is 11.6 Å². The lowest BCUT2D eigenvalue weighted by atomic mass is 9.46. The fourth-order valence-electron chi connectivity index (χ4n) is 6.20. The van der Waals surface area contributed by atoms with Crippen molar-refractivity contribution in [3.05, 3.63) is 11.6 Å². The van der Waals surface area contributed by atoms with Gasteiger partial charge in [0.2, 0.25) is 0 Å². The van der Waals surface area contributed by atoms with E-state index in [4.69, 9.17) is 0 Å². The van der Waals surface area contributed by atoms with Gasteiger partial charge in [0.15, 0.2) is 0 Å². The van der Waals surface area contributed by atoms with E-state index in [0.717, 1.165) is 29.6 Å². The monoisotopic (exact) mass is 244 g/mol. The van der Waals surface area contributed by atoms with E-state index in [1.807, 2.05) is 5.57 Å². The van der Waals surface area contributed by atoms with Gasteiger partial charge in [0.25, 0.3) is 0 Å². The Morgan fingerprint density at radius 2 is 1.78 bits per heavy atom. The van der Waals surface area contributed by atoms with Gasteiger partial charge in [-0.25, -0.2) is 0 Å². The van der Waals surface area contributed by atoms with Crippen molar-refractivity contribution in [3.8, 4) is 0 Å². The molecule has 0 saturated heterocycles. The molecule has 5 atom stereocenters. The van der Waals surface area contributed by atoms with E-state index in [1.165, 1.54) is 32.1 Å². The second-order valence-corrected chi connectivity index (χ2v) is 8.25. The minimum Gasteiger partial charge on any atom is -0.0845 e. The first kappa shape index (κ1) is 11.6. The summed E-state index contributed by atoms with van der Waals surface area (Å²) >= 11 is 0. The van der Waals surface area contributed by atoms with Crippen molar-refractivity contribution in [1.29, 1.82) is 0 Å². The molecule has 4 aliphatic carbocycles. The highest BCUT2D eigenvalue weighted by atomic mass is 14.6. The van der Waals surface area contributed by atoms with E-state index in [9.17, 15) is 0 Å². The summed E-state index contributed by atoms with van der Waals surface area (Å²) in [5.74, 6) is 5.31. The first-order valence-electron chi connectivity index (χ1n) is 8.36. The molecule has 0 radical (unpaired) electrons. The fourth-order valence-corrected chi connectivity index (χ4v) is 6.20. The normalized spacial score (nSPS) is 49.2. The van der Waals surface area contributed by atoms with Gasteiger partial charge in [-0.3, -0.25) is 0 Å². The molecular formula is C18H28. The van der Waals surface area contributed by atoms with E-state index in [2.05, 4.69) is 19.9 Å². The first-order chi connectivity index (χ1) is 8.67. The highest BCUT2D eigenvalue weighted by Gasteiger charge is 2.52. The summed E-state index contributed by atoms with van der Waals surface area (Å²) in [6.45, 7) is 5.08. The van der Waals surface area contributed by atoms with Gasteiger partial charge in [0, 0.05) is 0 Å². The molecule has 0 bridgehead atoms. The van der Waals surface area contributed by atoms with Gasteiger partial charge in [-0.15, -0.1) is 0 Å². The third-order valence-corrected chi connectivity index (χ3v) is 7.06. The van der Waals surface area contributed by atoms with Gasteiger partial charge < -0.3 is 0 Å². The minimum absolute atomic E-state index is 0.582. The fraction of sp³-hybridized carbons (Fsp3) is 0.889. The van der Waals surface area contributed by atoms with Crippen LogP contribution in [-0.4, -0.2) is 0 Å². The van der Waals surface area contributed by atoms with E-state index in [0.29, 0.717) is 5.41 Å². The van der Waals surface area contributed by atoms with Gasteiger partial charge in [-0.2, -0.15) is 0 Å². The third-order valence-electron chi connectivity index (χ3n) is 7.06. The Morgan fingerprint density at radius 1 is 1.00 bits per heavy atom. The van der Waals surface area contributed by atoms with Gasteiger partial charge in [0.1, 0.15) is 0 Å². The van der Waals surface area contributed by atoms with Gasteiger partial charge in [-0.05, 0) is 67.1 Å². The molecule has 0 heteroatoms. The maximum absolute atomic E-state index is 2.66. The molecule has 18 heavy (non-hydrogen) atoms. The van der Waals surface area contributed by atoms with Crippen molar-refractivity contribution >= 4 is 0 Å². The van der Waals surface area contributed by atoms with E-state index >= 15 is 0 Å². The van der Waals surface area contributed by atoms with Crippen LogP contribution in [0.1, 0.15) is 65.2 Å². The van der Waals surface area contributed by atoms with Crippen molar-refractivity contribution in [2.75, 3.05) is 0 Å². The molecule has 0 aliphatic heterocycles. The van der Waals surface area contributed by atoms with Crippen molar-refractivity contribution < 1.29 is 0 Å². The number of hydrogen-bond acceptors (Lipinski definition) is 0. The largest absolute Gasteiger partial charge is 0.0845 e. The van der Waals surface area contributed by atoms with Crippen molar-refractivity contribution in [2.45, 2.75) is 65.2 Å². The molecule has 4 aliphatic rings. The molecule has 3 fully saturated rings. The molecular weight excluding hydrogens is 216 g/mol. The van der Waals surface area contributed by atoms with Crippen LogP contribution in [0.25, 0.3) is 0 Å². The van der Waals surface area contributed by atoms with Crippen LogP contribution in [0.4, 0.5) is 0 Å². The zero-order chi connectivity index (χ0) is 12.3. The summed E-state index contributed by atoms with van der Waals surface area (Å²) in [7, 11) is 0. The lowest BCUT2D eigenvalue weighted by Crippen LogP contribution is -2.50. The molecule has 4 rings (SSSR count). The van der Waals surface area contributed by atoms with Crippen molar-refractivity contribution in [3.63, 3.8) is 0 Å². The quantitative estimate of drug-likeness (QED) is 0.514. The Hall–Kier alpha value is -0.260. The number of rotatable bonds is 0. The van der Waals surface area contributed by atoms with E-state index in [1.54, 1.807) is 19.3 Å². The second-order valence-electron chi connectivity index (χ2n) is 8.25. The standard InChI is InChI=1S/C18H28/c1-18(2)11-10-14-7-6-12-4-3-5-13-8-9-15(18)17(14)16(12)13/h10,12-13,15-17H,3-9,11H2,1-2H3. The molecule has 0 spiro atoms. The van der Waals surface area contributed by atoms with Gasteiger partial charge in [0.05, 0.1) is 0 Å². The third kappa shape index (κ3) is 1.50. The molecule has 3 saturated carbocycles. The lowest BCUT2D eigenvalue weighted by molar-refractivity contribution is -0.0412. The summed E-state index contributed by atoms with van der Waals surface area (Å²) in [4.78, 5) is 0. The summed E-state index contributed by atoms with van der Waals surface area (Å²) in [6, 6.07) is 0. The number of allylic oxidation sites excluding steroid dienone is 2. The van der Waals surface area contributed by atoms with Crippen LogP contribution in [0, 0.1) is 35.0 Å². The molecule has 0 aromatic heterocycles. The van der Waals surface area contributed by atoms with Crippen LogP contribution in [0.5, 0.6) is 0 Å². The topological polar surface area (TPSA) is 0 Å². The maximum Gasteiger partial charge on any atom is -0.0136 e. The average Bonchev–Trinajstić information content (AvgIpc) is 2.38. The zero-order valence-corrected chi connectivity index (χ0v) is 12.1. The average molecular weight is 244 g/mol. The summed E-state index contributed by atoms with van der Waals surface area (Å²) < 4.78 is 0. The predicted molar refractivity (Wildman–Crippen MR) is 76.3 cm³/mol. The zero-order valence-electron chi connectivity index (χ0n) is 12.1. The molecule has 0 aromatic carbocycles. The van der Waals surface area contributed by atoms with E-state index < -0.39 is 0 Å². The van der Waals surface area contributed by atoms with Crippen LogP contribution < -0.4 is 0 Å². The lowest BCUT2D eigenvalue weighted by Gasteiger charge is -2.58. The highest BCUT2D eigenvalue weighted by Crippen LogP contribution is 2.61. The Bertz CT molecular complexity index is 369. The maximum atomic E-state index is 2.66. The van der Waals surface area contributed by atoms with Crippen LogP contribution >= 0.6 is 0 Å². The van der Waals surface area contributed by atoms with Gasteiger partial charge >= 0.3 is 0 Å². The highest BCUT2D eigenvalue weighted by molar-refractivity contribution is 5.22. The SMILES string of the molecule is CC1(C)CC=C2CCC3CCCC4CCC1C2C34. The molecule has 0 amide bonds. The van der Waals surface area contributed by atoms with Crippen LogP contribution in [0.2, 0.25) is 0 Å². The second kappa shape index (κ2) is 3.87. The predicted octanol–water partition coefficient (Wildman–Crippen LogP) is 5.20. The first-order valence-corrected chi connectivity index (χ1v) is 8.36. The summed E-state index contributed by atoms with van der Waals surface area (Å²) in [6.07, 6.45) is 14.7. The van der Waals surface area contributed by atoms with E-state index in [-0.39, 0.29) is 0 Å². The van der Waals surface area contributed by atoms with Crippen LogP contribution in [-0.2, 0) is 0 Å². The molecule has 0 nitrogen and oxygen atoms in total. The number of hydrogen-bond donors (Lipinski definition) is 0. The van der Waals surface area contributed by atoms with Crippen LogP contribution in [0.3, 0.4) is 0 Å². The van der Waals surface area contributed by atoms with Crippen molar-refractivity contribution in [2.24, 2.45) is 35.0 Å². The Labute approximate surface area is 112 Å². The minimum atomic E-state index is 0.582. The molecule has 0 aromatic rings. The molecule has 0 heterocycles. The molecule has 100 valence electrons. The smallest absolute Gasteiger partial charge is 0.0136 e. The van der Waals surface area contributed by atoms with Gasteiger partial charge in [-0.1, -0.05) is 44.8 Å².